The second-order valence-corrected chi connectivity index (χ2v) is 6.11. The van der Waals surface area contributed by atoms with E-state index in [0.717, 1.165) is 55.7 Å². The number of hydrogen-bond donors (Lipinski definition) is 2. The maximum Gasteiger partial charge on any atom is 0.149 e. The van der Waals surface area contributed by atoms with Crippen LogP contribution in [0.1, 0.15) is 37.1 Å². The van der Waals surface area contributed by atoms with E-state index in [-0.39, 0.29) is 0 Å². The number of piperazine rings is 1. The van der Waals surface area contributed by atoms with E-state index in [1.165, 1.54) is 12.8 Å². The van der Waals surface area contributed by atoms with Gasteiger partial charge >= 0.3 is 0 Å². The Morgan fingerprint density at radius 1 is 1.10 bits per heavy atom. The predicted molar refractivity (Wildman–Crippen MR) is 85.6 cm³/mol. The van der Waals surface area contributed by atoms with E-state index in [1.54, 1.807) is 0 Å². The molecule has 0 unspecified atom stereocenters. The maximum absolute atomic E-state index is 4.77. The second-order valence-electron chi connectivity index (χ2n) is 6.11. The number of likely N-dealkylation sites (N-methyl/N-ethyl adjacent to an activating group) is 1. The molecule has 2 aliphatic rings. The molecular weight excluding hydrogens is 264 g/mol. The Balaban J connectivity index is 1.79. The molecule has 0 amide bonds. The van der Waals surface area contributed by atoms with Crippen LogP contribution in [0.2, 0.25) is 0 Å². The molecule has 0 radical (unpaired) electrons. The molecule has 1 saturated heterocycles. The summed E-state index contributed by atoms with van der Waals surface area (Å²) in [7, 11) is 2.17. The summed E-state index contributed by atoms with van der Waals surface area (Å²) in [6, 6.07) is 0. The van der Waals surface area contributed by atoms with Crippen molar-refractivity contribution < 1.29 is 0 Å². The van der Waals surface area contributed by atoms with Crippen molar-refractivity contribution in [1.29, 1.82) is 0 Å². The summed E-state index contributed by atoms with van der Waals surface area (Å²) in [5.41, 5.74) is 4.62. The van der Waals surface area contributed by atoms with Gasteiger partial charge in [-0.1, -0.05) is 0 Å². The van der Waals surface area contributed by atoms with Gasteiger partial charge in [0.2, 0.25) is 0 Å². The van der Waals surface area contributed by atoms with Gasteiger partial charge in [0.05, 0.1) is 0 Å². The van der Waals surface area contributed by atoms with E-state index in [0.29, 0.717) is 5.92 Å². The quantitative estimate of drug-likeness (QED) is 0.860. The summed E-state index contributed by atoms with van der Waals surface area (Å²) >= 11 is 0. The van der Waals surface area contributed by atoms with Gasteiger partial charge in [0.25, 0.3) is 0 Å². The van der Waals surface area contributed by atoms with Crippen molar-refractivity contribution in [2.24, 2.45) is 0 Å². The van der Waals surface area contributed by atoms with Crippen LogP contribution in [0.4, 0.5) is 11.6 Å². The standard InChI is InChI=1S/C15H26N6/c1-4-16-13-11(2)14(18-15(17-13)12-5-6-12)19-21-9-7-20(3)8-10-21/h12H,4-10H2,1-3H3,(H2,16,17,18,19). The summed E-state index contributed by atoms with van der Waals surface area (Å²) in [5.74, 6) is 3.50. The number of rotatable bonds is 5. The zero-order valence-corrected chi connectivity index (χ0v) is 13.3. The first-order valence-electron chi connectivity index (χ1n) is 8.00. The van der Waals surface area contributed by atoms with Gasteiger partial charge in [0, 0.05) is 44.2 Å². The van der Waals surface area contributed by atoms with Gasteiger partial charge < -0.3 is 15.6 Å². The number of nitrogens with zero attached hydrogens (tertiary/aromatic N) is 4. The summed E-state index contributed by atoms with van der Waals surface area (Å²) < 4.78 is 0. The zero-order chi connectivity index (χ0) is 14.8. The molecule has 3 rings (SSSR count). The molecule has 2 heterocycles. The van der Waals surface area contributed by atoms with E-state index < -0.39 is 0 Å². The van der Waals surface area contributed by atoms with Crippen LogP contribution < -0.4 is 10.7 Å². The van der Waals surface area contributed by atoms with E-state index in [1.807, 2.05) is 0 Å². The maximum atomic E-state index is 4.77. The smallest absolute Gasteiger partial charge is 0.149 e. The van der Waals surface area contributed by atoms with Crippen LogP contribution in [0.15, 0.2) is 0 Å². The number of anilines is 2. The Labute approximate surface area is 126 Å². The lowest BCUT2D eigenvalue weighted by Crippen LogP contribution is -2.47. The Morgan fingerprint density at radius 3 is 2.38 bits per heavy atom. The van der Waals surface area contributed by atoms with E-state index in [2.05, 4.69) is 41.5 Å². The van der Waals surface area contributed by atoms with Gasteiger partial charge in [-0.15, -0.1) is 0 Å². The van der Waals surface area contributed by atoms with Crippen LogP contribution in [0.5, 0.6) is 0 Å². The van der Waals surface area contributed by atoms with Crippen molar-refractivity contribution in [3.8, 4) is 0 Å². The third-order valence-corrected chi connectivity index (χ3v) is 4.22. The molecule has 0 spiro atoms. The number of hydrazine groups is 1. The molecule has 2 fully saturated rings. The average Bonchev–Trinajstić information content (AvgIpc) is 3.30. The molecule has 6 heteroatoms. The monoisotopic (exact) mass is 290 g/mol. The van der Waals surface area contributed by atoms with Crippen LogP contribution >= 0.6 is 0 Å². The van der Waals surface area contributed by atoms with Crippen molar-refractivity contribution in [3.05, 3.63) is 11.4 Å². The Hall–Kier alpha value is -1.40. The first-order valence-corrected chi connectivity index (χ1v) is 8.00. The molecule has 6 nitrogen and oxygen atoms in total. The van der Waals surface area contributed by atoms with Gasteiger partial charge in [-0.25, -0.2) is 15.0 Å². The van der Waals surface area contributed by atoms with Gasteiger partial charge in [-0.05, 0) is 33.7 Å². The van der Waals surface area contributed by atoms with E-state index >= 15 is 0 Å². The molecule has 21 heavy (non-hydrogen) atoms. The van der Waals surface area contributed by atoms with Crippen molar-refractivity contribution in [3.63, 3.8) is 0 Å². The molecule has 1 aromatic rings. The Kier molecular flexibility index (Phi) is 4.26. The highest BCUT2D eigenvalue weighted by molar-refractivity contribution is 5.57. The van der Waals surface area contributed by atoms with Crippen molar-refractivity contribution in [2.45, 2.75) is 32.6 Å². The summed E-state index contributed by atoms with van der Waals surface area (Å²) in [5, 5.41) is 5.63. The Morgan fingerprint density at radius 2 is 1.76 bits per heavy atom. The molecule has 0 atom stereocenters. The van der Waals surface area contributed by atoms with Crippen LogP contribution in [0.3, 0.4) is 0 Å². The molecule has 116 valence electrons. The Bertz CT molecular complexity index is 491. The fourth-order valence-electron chi connectivity index (χ4n) is 2.57. The predicted octanol–water partition coefficient (Wildman–Crippen LogP) is 1.67. The normalized spacial score (nSPS) is 20.5. The van der Waals surface area contributed by atoms with E-state index in [9.17, 15) is 0 Å². The van der Waals surface area contributed by atoms with Crippen molar-refractivity contribution in [1.82, 2.24) is 19.9 Å². The fourth-order valence-corrected chi connectivity index (χ4v) is 2.57. The lowest BCUT2D eigenvalue weighted by molar-refractivity contribution is 0.178. The fraction of sp³-hybridized carbons (Fsp3) is 0.733. The van der Waals surface area contributed by atoms with Crippen molar-refractivity contribution in [2.75, 3.05) is 50.5 Å². The van der Waals surface area contributed by atoms with Crippen LogP contribution in [0.25, 0.3) is 0 Å². The summed E-state index contributed by atoms with van der Waals surface area (Å²) in [4.78, 5) is 11.8. The van der Waals surface area contributed by atoms with Gasteiger partial charge in [0.15, 0.2) is 0 Å². The zero-order valence-electron chi connectivity index (χ0n) is 13.3. The third kappa shape index (κ3) is 3.44. The lowest BCUT2D eigenvalue weighted by atomic mass is 10.2. The molecule has 0 bridgehead atoms. The van der Waals surface area contributed by atoms with Gasteiger partial charge in [-0.2, -0.15) is 0 Å². The highest BCUT2D eigenvalue weighted by Crippen LogP contribution is 2.39. The average molecular weight is 290 g/mol. The highest BCUT2D eigenvalue weighted by Gasteiger charge is 2.28. The molecule has 1 aliphatic carbocycles. The van der Waals surface area contributed by atoms with Crippen LogP contribution in [-0.4, -0.2) is 59.6 Å². The first kappa shape index (κ1) is 14.5. The topological polar surface area (TPSA) is 56.3 Å². The minimum Gasteiger partial charge on any atom is -0.370 e. The second kappa shape index (κ2) is 6.15. The largest absolute Gasteiger partial charge is 0.370 e. The van der Waals surface area contributed by atoms with Gasteiger partial charge in [0.1, 0.15) is 17.5 Å². The molecular formula is C15H26N6. The molecule has 1 aliphatic heterocycles. The minimum absolute atomic E-state index is 0.566. The summed E-state index contributed by atoms with van der Waals surface area (Å²) in [6.07, 6.45) is 2.45. The minimum atomic E-state index is 0.566. The number of nitrogens with one attached hydrogen (secondary N) is 2. The van der Waals surface area contributed by atoms with Crippen LogP contribution in [-0.2, 0) is 0 Å². The first-order chi connectivity index (χ1) is 10.2. The molecule has 1 saturated carbocycles. The number of hydrogen-bond acceptors (Lipinski definition) is 6. The third-order valence-electron chi connectivity index (χ3n) is 4.22. The number of aromatic nitrogens is 2. The SMILES string of the molecule is CCNc1nc(C2CC2)nc(NN2CCN(C)CC2)c1C. The van der Waals surface area contributed by atoms with Crippen molar-refractivity contribution >= 4 is 11.6 Å². The highest BCUT2D eigenvalue weighted by atomic mass is 15.5. The molecule has 2 N–H and O–H groups in total. The van der Waals surface area contributed by atoms with Gasteiger partial charge in [-0.3, -0.25) is 0 Å². The summed E-state index contributed by atoms with van der Waals surface area (Å²) in [6.45, 7) is 9.30. The lowest BCUT2D eigenvalue weighted by Gasteiger charge is -2.33. The van der Waals surface area contributed by atoms with Crippen LogP contribution in [0, 0.1) is 6.92 Å². The molecule has 0 aromatic carbocycles. The molecule has 1 aromatic heterocycles. The van der Waals surface area contributed by atoms with E-state index in [4.69, 9.17) is 9.97 Å².